The molecule has 1 aliphatic rings. The third kappa shape index (κ3) is 4.88. The molecule has 1 rings (SSSR count). The van der Waals surface area contributed by atoms with Crippen molar-refractivity contribution < 1.29 is 19.0 Å². The van der Waals surface area contributed by atoms with Gasteiger partial charge in [-0.1, -0.05) is 6.92 Å². The van der Waals surface area contributed by atoms with Crippen LogP contribution in [0, 0.1) is 5.41 Å². The zero-order chi connectivity index (χ0) is 16.6. The van der Waals surface area contributed by atoms with Gasteiger partial charge in [-0.05, 0) is 48.0 Å². The van der Waals surface area contributed by atoms with Gasteiger partial charge >= 0.3 is 0 Å². The molecular formula is C16H32FNO3. The van der Waals surface area contributed by atoms with E-state index in [-0.39, 0.29) is 6.04 Å². The number of aliphatic hydroxyl groups excluding tert-OH is 1. The van der Waals surface area contributed by atoms with Gasteiger partial charge in [0.2, 0.25) is 0 Å². The molecule has 0 aromatic rings. The summed E-state index contributed by atoms with van der Waals surface area (Å²) in [7, 11) is 0. The van der Waals surface area contributed by atoms with Crippen LogP contribution >= 0.6 is 0 Å². The molecule has 4 nitrogen and oxygen atoms in total. The van der Waals surface area contributed by atoms with E-state index in [0.717, 1.165) is 0 Å². The topological polar surface area (TPSA) is 64.7 Å². The minimum Gasteiger partial charge on any atom is -0.390 e. The third-order valence-electron chi connectivity index (χ3n) is 3.76. The lowest BCUT2D eigenvalue weighted by molar-refractivity contribution is -0.239. The predicted octanol–water partition coefficient (Wildman–Crippen LogP) is 2.42. The Morgan fingerprint density at radius 1 is 1.10 bits per heavy atom. The molecule has 1 aliphatic carbocycles. The summed E-state index contributed by atoms with van der Waals surface area (Å²) in [5.41, 5.74) is 4.45. The van der Waals surface area contributed by atoms with Gasteiger partial charge in [-0.2, -0.15) is 0 Å². The number of hydrogen-bond acceptors (Lipinski definition) is 4. The molecule has 1 saturated carbocycles. The average Bonchev–Trinajstić information content (AvgIpc) is 2.28. The highest BCUT2D eigenvalue weighted by atomic mass is 19.1. The van der Waals surface area contributed by atoms with Gasteiger partial charge in [-0.25, -0.2) is 0 Å². The molecule has 5 atom stereocenters. The van der Waals surface area contributed by atoms with Crippen LogP contribution < -0.4 is 5.73 Å². The van der Waals surface area contributed by atoms with Crippen molar-refractivity contribution >= 4 is 0 Å². The van der Waals surface area contributed by atoms with Crippen LogP contribution in [0.25, 0.3) is 0 Å². The van der Waals surface area contributed by atoms with Crippen molar-refractivity contribution in [1.29, 1.82) is 0 Å². The van der Waals surface area contributed by atoms with E-state index in [1.807, 2.05) is 41.5 Å². The second-order valence-corrected chi connectivity index (χ2v) is 8.49. The molecular weight excluding hydrogens is 273 g/mol. The molecule has 0 spiro atoms. The lowest BCUT2D eigenvalue weighted by Gasteiger charge is -2.51. The minimum atomic E-state index is -0.950. The number of ether oxygens (including phenoxy) is 2. The summed E-state index contributed by atoms with van der Waals surface area (Å²) >= 11 is 0. The predicted molar refractivity (Wildman–Crippen MR) is 81.9 cm³/mol. The van der Waals surface area contributed by atoms with Gasteiger partial charge < -0.3 is 20.3 Å². The number of alkyl halides is 1. The van der Waals surface area contributed by atoms with E-state index in [4.69, 9.17) is 15.2 Å². The summed E-state index contributed by atoms with van der Waals surface area (Å²) in [5, 5.41) is 10.6. The van der Waals surface area contributed by atoms with Crippen molar-refractivity contribution in [1.82, 2.24) is 0 Å². The van der Waals surface area contributed by atoms with Crippen molar-refractivity contribution in [2.45, 2.75) is 90.4 Å². The molecule has 0 radical (unpaired) electrons. The third-order valence-corrected chi connectivity index (χ3v) is 3.76. The van der Waals surface area contributed by atoms with Crippen LogP contribution in [0.2, 0.25) is 0 Å². The van der Waals surface area contributed by atoms with Crippen LogP contribution in [0.4, 0.5) is 4.39 Å². The normalized spacial score (nSPS) is 38.6. The van der Waals surface area contributed by atoms with Gasteiger partial charge in [0.1, 0.15) is 12.2 Å². The average molecular weight is 305 g/mol. The Bertz CT molecular complexity index is 350. The van der Waals surface area contributed by atoms with Crippen LogP contribution in [0.15, 0.2) is 0 Å². The Kier molecular flexibility index (Phi) is 5.47. The fraction of sp³-hybridized carbons (Fsp3) is 1.00. The van der Waals surface area contributed by atoms with Crippen molar-refractivity contribution in [2.24, 2.45) is 11.1 Å². The maximum absolute atomic E-state index is 13.4. The lowest BCUT2D eigenvalue weighted by Crippen LogP contribution is -2.65. The Balaban J connectivity index is 3.09. The summed E-state index contributed by atoms with van der Waals surface area (Å²) in [6.45, 7) is 12.6. The number of nitrogens with two attached hydrogens (primary N) is 1. The summed E-state index contributed by atoms with van der Waals surface area (Å²) in [6.07, 6.45) is -1.68. The zero-order valence-electron chi connectivity index (χ0n) is 14.4. The summed E-state index contributed by atoms with van der Waals surface area (Å²) in [6, 6.07) is -0.374. The molecule has 0 heterocycles. The SMILES string of the molecule is CC(C)(C)O[C@H]1[C@H](OC(C)(C)C)[C@@H](N)C[C@](C)(CF)[C@@H]1O. The Hall–Kier alpha value is -0.230. The Morgan fingerprint density at radius 2 is 1.52 bits per heavy atom. The molecule has 21 heavy (non-hydrogen) atoms. The first-order chi connectivity index (χ1) is 9.29. The Morgan fingerprint density at radius 3 is 1.90 bits per heavy atom. The fourth-order valence-electron chi connectivity index (χ4n) is 2.83. The molecule has 0 unspecified atom stereocenters. The van der Waals surface area contributed by atoms with Crippen LogP contribution in [-0.2, 0) is 9.47 Å². The van der Waals surface area contributed by atoms with Gasteiger partial charge in [0.15, 0.2) is 0 Å². The second-order valence-electron chi connectivity index (χ2n) is 8.49. The van der Waals surface area contributed by atoms with E-state index in [9.17, 15) is 9.50 Å². The summed E-state index contributed by atoms with van der Waals surface area (Å²) < 4.78 is 25.5. The zero-order valence-corrected chi connectivity index (χ0v) is 14.4. The maximum Gasteiger partial charge on any atom is 0.112 e. The first-order valence-corrected chi connectivity index (χ1v) is 7.64. The van der Waals surface area contributed by atoms with E-state index in [0.29, 0.717) is 6.42 Å². The van der Waals surface area contributed by atoms with Gasteiger partial charge in [0.25, 0.3) is 0 Å². The molecule has 0 aromatic heterocycles. The van der Waals surface area contributed by atoms with Gasteiger partial charge in [-0.15, -0.1) is 0 Å². The van der Waals surface area contributed by atoms with Crippen LogP contribution in [0.3, 0.4) is 0 Å². The van der Waals surface area contributed by atoms with Gasteiger partial charge in [0.05, 0.1) is 24.0 Å². The highest BCUT2D eigenvalue weighted by molar-refractivity contribution is 5.03. The van der Waals surface area contributed by atoms with Crippen molar-refractivity contribution in [3.05, 3.63) is 0 Å². The molecule has 1 fully saturated rings. The van der Waals surface area contributed by atoms with Crippen LogP contribution in [0.5, 0.6) is 0 Å². The lowest BCUT2D eigenvalue weighted by atomic mass is 9.69. The smallest absolute Gasteiger partial charge is 0.112 e. The molecule has 0 saturated heterocycles. The van der Waals surface area contributed by atoms with E-state index in [1.54, 1.807) is 6.92 Å². The number of hydrogen-bond donors (Lipinski definition) is 2. The second kappa shape index (κ2) is 6.11. The molecule has 0 aliphatic heterocycles. The van der Waals surface area contributed by atoms with Crippen LogP contribution in [0.1, 0.15) is 54.9 Å². The van der Waals surface area contributed by atoms with Gasteiger partial charge in [-0.3, -0.25) is 4.39 Å². The molecule has 0 bridgehead atoms. The highest BCUT2D eigenvalue weighted by Gasteiger charge is 2.52. The number of aliphatic hydroxyl groups is 1. The molecule has 3 N–H and O–H groups in total. The number of halogens is 1. The molecule has 126 valence electrons. The van der Waals surface area contributed by atoms with Crippen molar-refractivity contribution in [3.63, 3.8) is 0 Å². The van der Waals surface area contributed by atoms with E-state index < -0.39 is 41.6 Å². The summed E-state index contributed by atoms with van der Waals surface area (Å²) in [4.78, 5) is 0. The van der Waals surface area contributed by atoms with Crippen LogP contribution in [-0.4, -0.2) is 47.3 Å². The van der Waals surface area contributed by atoms with E-state index in [1.165, 1.54) is 0 Å². The largest absolute Gasteiger partial charge is 0.390 e. The first-order valence-electron chi connectivity index (χ1n) is 7.64. The molecule has 0 amide bonds. The first kappa shape index (κ1) is 18.8. The van der Waals surface area contributed by atoms with Crippen molar-refractivity contribution in [3.8, 4) is 0 Å². The van der Waals surface area contributed by atoms with Gasteiger partial charge in [0, 0.05) is 11.5 Å². The van der Waals surface area contributed by atoms with E-state index in [2.05, 4.69) is 0 Å². The molecule has 0 aromatic carbocycles. The minimum absolute atomic E-state index is 0.370. The van der Waals surface area contributed by atoms with Crippen molar-refractivity contribution in [2.75, 3.05) is 6.67 Å². The maximum atomic E-state index is 13.4. The quantitative estimate of drug-likeness (QED) is 0.840. The monoisotopic (exact) mass is 305 g/mol. The summed E-state index contributed by atoms with van der Waals surface area (Å²) in [5.74, 6) is 0. The molecule has 5 heteroatoms. The fourth-order valence-corrected chi connectivity index (χ4v) is 2.83. The van der Waals surface area contributed by atoms with E-state index >= 15 is 0 Å². The Labute approximate surface area is 128 Å². The standard InChI is InChI=1S/C16H32FNO3/c1-14(2,3)20-11-10(18)8-16(7,9-17)13(19)12(11)21-15(4,5)6/h10-13,19H,8-9,18H2,1-7H3/t10-,11+,12-,13+,16+/m0/s1. The number of rotatable bonds is 3. The highest BCUT2D eigenvalue weighted by Crippen LogP contribution is 2.41.